The molecule has 3 heterocycles. The Bertz CT molecular complexity index is 1260. The van der Waals surface area contributed by atoms with E-state index in [9.17, 15) is 4.39 Å². The smallest absolute Gasteiger partial charge is 0.224 e. The first kappa shape index (κ1) is 22.4. The number of hydrogen-bond acceptors (Lipinski definition) is 6. The highest BCUT2D eigenvalue weighted by molar-refractivity contribution is 5.80. The van der Waals surface area contributed by atoms with Crippen molar-refractivity contribution in [1.82, 2.24) is 29.8 Å². The third-order valence-electron chi connectivity index (χ3n) is 6.17. The van der Waals surface area contributed by atoms with Crippen LogP contribution in [0.5, 0.6) is 0 Å². The lowest BCUT2D eigenvalue weighted by Crippen LogP contribution is -2.25. The molecule has 0 spiro atoms. The van der Waals surface area contributed by atoms with Crippen molar-refractivity contribution >= 4 is 17.1 Å². The zero-order valence-corrected chi connectivity index (χ0v) is 19.6. The molecule has 1 saturated carbocycles. The Morgan fingerprint density at radius 2 is 1.79 bits per heavy atom. The summed E-state index contributed by atoms with van der Waals surface area (Å²) in [5.74, 6) is 1.70. The molecule has 176 valence electrons. The largest absolute Gasteiger partial charge is 0.351 e. The van der Waals surface area contributed by atoms with Gasteiger partial charge < -0.3 is 10.6 Å². The average molecular weight is 460 g/mol. The lowest BCUT2D eigenvalue weighted by atomic mass is 10.2. The van der Waals surface area contributed by atoms with Gasteiger partial charge in [0.15, 0.2) is 5.65 Å². The fourth-order valence-corrected chi connectivity index (χ4v) is 4.45. The van der Waals surface area contributed by atoms with Crippen LogP contribution in [-0.4, -0.2) is 43.1 Å². The molecule has 8 heteroatoms. The second-order valence-corrected chi connectivity index (χ2v) is 9.15. The SMILES string of the molecule is CC(C)NCCc1ccc2c(n1)nc(-c1ccc(F)cc1)n2-c1ccnc(NC2CCCC2)n1. The lowest BCUT2D eigenvalue weighted by Gasteiger charge is -2.14. The summed E-state index contributed by atoms with van der Waals surface area (Å²) in [5.41, 5.74) is 3.27. The van der Waals surface area contributed by atoms with Gasteiger partial charge in [-0.25, -0.2) is 19.3 Å². The van der Waals surface area contributed by atoms with Gasteiger partial charge in [0.25, 0.3) is 0 Å². The average Bonchev–Trinajstić information content (AvgIpc) is 3.47. The monoisotopic (exact) mass is 459 g/mol. The number of hydrogen-bond donors (Lipinski definition) is 2. The molecule has 0 amide bonds. The first-order valence-corrected chi connectivity index (χ1v) is 12.0. The van der Waals surface area contributed by atoms with Crippen molar-refractivity contribution in [3.63, 3.8) is 0 Å². The minimum absolute atomic E-state index is 0.283. The molecular formula is C26H30FN7. The molecule has 0 bridgehead atoms. The highest BCUT2D eigenvalue weighted by Gasteiger charge is 2.19. The van der Waals surface area contributed by atoms with Crippen LogP contribution >= 0.6 is 0 Å². The molecule has 1 aliphatic carbocycles. The zero-order valence-electron chi connectivity index (χ0n) is 19.6. The van der Waals surface area contributed by atoms with E-state index in [4.69, 9.17) is 15.0 Å². The van der Waals surface area contributed by atoms with Crippen LogP contribution < -0.4 is 10.6 Å². The highest BCUT2D eigenvalue weighted by Crippen LogP contribution is 2.28. The van der Waals surface area contributed by atoms with E-state index < -0.39 is 0 Å². The van der Waals surface area contributed by atoms with E-state index in [1.807, 2.05) is 22.8 Å². The molecule has 4 aromatic rings. The van der Waals surface area contributed by atoms with E-state index in [-0.39, 0.29) is 5.82 Å². The summed E-state index contributed by atoms with van der Waals surface area (Å²) in [6.45, 7) is 5.11. The van der Waals surface area contributed by atoms with Crippen LogP contribution in [-0.2, 0) is 6.42 Å². The molecule has 0 aliphatic heterocycles. The number of nitrogens with zero attached hydrogens (tertiary/aromatic N) is 5. The molecule has 0 saturated heterocycles. The van der Waals surface area contributed by atoms with Crippen LogP contribution in [0.4, 0.5) is 10.3 Å². The molecule has 7 nitrogen and oxygen atoms in total. The van der Waals surface area contributed by atoms with Gasteiger partial charge in [-0.15, -0.1) is 0 Å². The van der Waals surface area contributed by atoms with E-state index in [2.05, 4.69) is 29.5 Å². The molecule has 0 atom stereocenters. The van der Waals surface area contributed by atoms with Crippen molar-refractivity contribution < 1.29 is 4.39 Å². The van der Waals surface area contributed by atoms with Gasteiger partial charge in [0.05, 0.1) is 5.52 Å². The summed E-state index contributed by atoms with van der Waals surface area (Å²) in [6, 6.07) is 13.2. The quantitative estimate of drug-likeness (QED) is 0.390. The van der Waals surface area contributed by atoms with Crippen LogP contribution in [0.1, 0.15) is 45.2 Å². The van der Waals surface area contributed by atoms with Crippen molar-refractivity contribution in [3.8, 4) is 17.2 Å². The predicted molar refractivity (Wildman–Crippen MR) is 133 cm³/mol. The highest BCUT2D eigenvalue weighted by atomic mass is 19.1. The summed E-state index contributed by atoms with van der Waals surface area (Å²) in [6.07, 6.45) is 7.33. The van der Waals surface area contributed by atoms with Crippen molar-refractivity contribution in [2.24, 2.45) is 0 Å². The number of pyridine rings is 1. The number of fused-ring (bicyclic) bond motifs is 1. The van der Waals surface area contributed by atoms with E-state index >= 15 is 0 Å². The Labute approximate surface area is 198 Å². The van der Waals surface area contributed by atoms with Gasteiger partial charge >= 0.3 is 0 Å². The number of nitrogens with one attached hydrogen (secondary N) is 2. The standard InChI is InChI=1S/C26H30FN7/c1-17(2)28-15-13-21-11-12-22-24(30-21)33-25(18-7-9-19(27)10-8-18)34(22)23-14-16-29-26(32-23)31-20-5-3-4-6-20/h7-12,14,16-17,20,28H,3-6,13,15H2,1-2H3,(H,29,31,32). The summed E-state index contributed by atoms with van der Waals surface area (Å²) >= 11 is 0. The Morgan fingerprint density at radius 1 is 1.00 bits per heavy atom. The number of aromatic nitrogens is 5. The molecule has 34 heavy (non-hydrogen) atoms. The first-order valence-electron chi connectivity index (χ1n) is 12.0. The third-order valence-corrected chi connectivity index (χ3v) is 6.17. The normalized spacial score (nSPS) is 14.4. The van der Waals surface area contributed by atoms with Crippen molar-refractivity contribution in [2.75, 3.05) is 11.9 Å². The summed E-state index contributed by atoms with van der Waals surface area (Å²) in [7, 11) is 0. The maximum absolute atomic E-state index is 13.6. The number of benzene rings is 1. The van der Waals surface area contributed by atoms with Gasteiger partial charge in [0.2, 0.25) is 5.95 Å². The van der Waals surface area contributed by atoms with Crippen LogP contribution in [0, 0.1) is 5.82 Å². The number of anilines is 1. The Balaban J connectivity index is 1.56. The van der Waals surface area contributed by atoms with Crippen LogP contribution in [0.15, 0.2) is 48.7 Å². The first-order chi connectivity index (χ1) is 16.6. The van der Waals surface area contributed by atoms with Gasteiger partial charge in [-0.3, -0.25) is 4.57 Å². The molecule has 0 radical (unpaired) electrons. The topological polar surface area (TPSA) is 80.5 Å². The Morgan fingerprint density at radius 3 is 2.56 bits per heavy atom. The molecule has 1 aromatic carbocycles. The van der Waals surface area contributed by atoms with Gasteiger partial charge in [-0.1, -0.05) is 26.7 Å². The summed E-state index contributed by atoms with van der Waals surface area (Å²) in [5, 5.41) is 6.90. The fraction of sp³-hybridized carbons (Fsp3) is 0.385. The maximum atomic E-state index is 13.6. The molecular weight excluding hydrogens is 429 g/mol. The van der Waals surface area contributed by atoms with E-state index in [1.165, 1.54) is 25.0 Å². The predicted octanol–water partition coefficient (Wildman–Crippen LogP) is 4.91. The maximum Gasteiger partial charge on any atom is 0.224 e. The van der Waals surface area contributed by atoms with Crippen molar-refractivity contribution in [1.29, 1.82) is 0 Å². The van der Waals surface area contributed by atoms with Crippen LogP contribution in [0.2, 0.25) is 0 Å². The lowest BCUT2D eigenvalue weighted by molar-refractivity contribution is 0.587. The van der Waals surface area contributed by atoms with E-state index in [0.717, 1.165) is 42.6 Å². The van der Waals surface area contributed by atoms with Gasteiger partial charge in [0.1, 0.15) is 17.5 Å². The summed E-state index contributed by atoms with van der Waals surface area (Å²) in [4.78, 5) is 18.9. The van der Waals surface area contributed by atoms with Crippen LogP contribution in [0.25, 0.3) is 28.4 Å². The number of halogens is 1. The number of rotatable bonds is 8. The van der Waals surface area contributed by atoms with Crippen molar-refractivity contribution in [2.45, 2.75) is 58.0 Å². The van der Waals surface area contributed by atoms with E-state index in [0.29, 0.717) is 35.3 Å². The van der Waals surface area contributed by atoms with E-state index in [1.54, 1.807) is 18.3 Å². The molecule has 2 N–H and O–H groups in total. The molecule has 1 aliphatic rings. The minimum Gasteiger partial charge on any atom is -0.351 e. The molecule has 1 fully saturated rings. The molecule has 0 unspecified atom stereocenters. The molecule has 5 rings (SSSR count). The Kier molecular flexibility index (Phi) is 6.49. The second kappa shape index (κ2) is 9.85. The third kappa shape index (κ3) is 4.92. The van der Waals surface area contributed by atoms with Gasteiger partial charge in [0, 0.05) is 42.5 Å². The van der Waals surface area contributed by atoms with Crippen molar-refractivity contribution in [3.05, 3.63) is 60.2 Å². The van der Waals surface area contributed by atoms with Gasteiger partial charge in [-0.05, 0) is 55.3 Å². The fourth-order valence-electron chi connectivity index (χ4n) is 4.45. The Hall–Kier alpha value is -3.39. The minimum atomic E-state index is -0.283. The molecule has 3 aromatic heterocycles. The van der Waals surface area contributed by atoms with Gasteiger partial charge in [-0.2, -0.15) is 4.98 Å². The van der Waals surface area contributed by atoms with Crippen LogP contribution in [0.3, 0.4) is 0 Å². The second-order valence-electron chi connectivity index (χ2n) is 9.15. The zero-order chi connectivity index (χ0) is 23.5. The summed E-state index contributed by atoms with van der Waals surface area (Å²) < 4.78 is 15.6. The number of imidazole rings is 1.